The Kier molecular flexibility index (Phi) is 2.96. The van der Waals surface area contributed by atoms with Gasteiger partial charge < -0.3 is 0 Å². The summed E-state index contributed by atoms with van der Waals surface area (Å²) in [5, 5.41) is 8.64. The van der Waals surface area contributed by atoms with Crippen LogP contribution in [-0.4, -0.2) is 0 Å². The average molecular weight is 237 g/mol. The number of nitriles is 1. The molecule has 0 saturated heterocycles. The largest absolute Gasteiger partial charge is 0.198 e. The third-order valence-corrected chi connectivity index (χ3v) is 4.67. The zero-order valence-corrected chi connectivity index (χ0v) is 10.8. The van der Waals surface area contributed by atoms with Crippen LogP contribution in [0, 0.1) is 11.3 Å². The van der Waals surface area contributed by atoms with E-state index in [-0.39, 0.29) is 0 Å². The topological polar surface area (TPSA) is 23.8 Å². The van der Waals surface area contributed by atoms with Crippen molar-refractivity contribution in [3.8, 4) is 6.07 Å². The maximum atomic E-state index is 8.64. The number of nitrogens with zero attached hydrogens (tertiary/aromatic N) is 1. The van der Waals surface area contributed by atoms with E-state index in [1.54, 1.807) is 5.56 Å². The quantitative estimate of drug-likeness (QED) is 0.690. The van der Waals surface area contributed by atoms with Crippen LogP contribution in [0.15, 0.2) is 30.3 Å². The van der Waals surface area contributed by atoms with Crippen molar-refractivity contribution in [2.45, 2.75) is 50.4 Å². The van der Waals surface area contributed by atoms with Gasteiger partial charge in [0.05, 0.1) is 6.07 Å². The first kappa shape index (κ1) is 11.5. The Bertz CT molecular complexity index is 515. The number of rotatable bonds is 2. The minimum atomic E-state index is 0.503. The van der Waals surface area contributed by atoms with Crippen molar-refractivity contribution >= 4 is 5.57 Å². The molecule has 18 heavy (non-hydrogen) atoms. The molecule has 1 fully saturated rings. The summed E-state index contributed by atoms with van der Waals surface area (Å²) >= 11 is 0. The van der Waals surface area contributed by atoms with Gasteiger partial charge in [-0.2, -0.15) is 5.26 Å². The monoisotopic (exact) mass is 237 g/mol. The molecule has 0 unspecified atom stereocenters. The Morgan fingerprint density at radius 2 is 2.06 bits per heavy atom. The van der Waals surface area contributed by atoms with Crippen molar-refractivity contribution in [1.29, 1.82) is 5.26 Å². The molecule has 0 amide bonds. The fourth-order valence-corrected chi connectivity index (χ4v) is 3.51. The van der Waals surface area contributed by atoms with Crippen LogP contribution in [0.4, 0.5) is 0 Å². The first-order chi connectivity index (χ1) is 8.86. The van der Waals surface area contributed by atoms with E-state index in [1.807, 2.05) is 0 Å². The Balaban J connectivity index is 1.95. The highest BCUT2D eigenvalue weighted by molar-refractivity contribution is 5.72. The lowest BCUT2D eigenvalue weighted by atomic mass is 9.57. The van der Waals surface area contributed by atoms with E-state index in [0.29, 0.717) is 11.8 Å². The molecule has 0 heterocycles. The van der Waals surface area contributed by atoms with Crippen LogP contribution in [0.2, 0.25) is 0 Å². The van der Waals surface area contributed by atoms with Gasteiger partial charge in [0.25, 0.3) is 0 Å². The van der Waals surface area contributed by atoms with Crippen LogP contribution >= 0.6 is 0 Å². The molecule has 3 rings (SSSR count). The molecule has 0 aliphatic heterocycles. The minimum Gasteiger partial charge on any atom is -0.198 e. The van der Waals surface area contributed by atoms with Gasteiger partial charge in [0.2, 0.25) is 0 Å². The predicted molar refractivity (Wildman–Crippen MR) is 74.0 cm³/mol. The van der Waals surface area contributed by atoms with E-state index >= 15 is 0 Å². The highest BCUT2D eigenvalue weighted by Crippen LogP contribution is 2.53. The summed E-state index contributed by atoms with van der Waals surface area (Å²) in [5.74, 6) is 0. The summed E-state index contributed by atoms with van der Waals surface area (Å²) in [6, 6.07) is 11.1. The van der Waals surface area contributed by atoms with E-state index in [9.17, 15) is 0 Å². The maximum absolute atomic E-state index is 8.64. The molecule has 1 saturated carbocycles. The number of fused-ring (bicyclic) bond motifs is 2. The number of benzene rings is 1. The van der Waals surface area contributed by atoms with Crippen molar-refractivity contribution in [3.63, 3.8) is 0 Å². The van der Waals surface area contributed by atoms with Crippen LogP contribution in [0.5, 0.6) is 0 Å². The minimum absolute atomic E-state index is 0.503. The van der Waals surface area contributed by atoms with Crippen LogP contribution in [0.1, 0.15) is 56.1 Å². The molecule has 0 atom stereocenters. The molecule has 2 aliphatic carbocycles. The Hall–Kier alpha value is -1.55. The average Bonchev–Trinajstić information content (AvgIpc) is 2.37. The molecule has 0 aromatic heterocycles. The molecule has 0 bridgehead atoms. The molecule has 1 nitrogen and oxygen atoms in total. The van der Waals surface area contributed by atoms with Crippen LogP contribution < -0.4 is 0 Å². The number of allylic oxidation sites excluding steroid dienone is 2. The van der Waals surface area contributed by atoms with Gasteiger partial charge in [-0.1, -0.05) is 36.8 Å². The smallest absolute Gasteiger partial charge is 0.0625 e. The summed E-state index contributed by atoms with van der Waals surface area (Å²) in [6.07, 6.45) is 10.5. The summed E-state index contributed by atoms with van der Waals surface area (Å²) in [5.41, 5.74) is 5.01. The Labute approximate surface area is 109 Å². The van der Waals surface area contributed by atoms with Crippen molar-refractivity contribution in [1.82, 2.24) is 0 Å². The van der Waals surface area contributed by atoms with Gasteiger partial charge in [-0.25, -0.2) is 0 Å². The van der Waals surface area contributed by atoms with Crippen molar-refractivity contribution in [2.75, 3.05) is 0 Å². The van der Waals surface area contributed by atoms with Gasteiger partial charge in [-0.05, 0) is 54.2 Å². The molecule has 0 N–H and O–H groups in total. The highest BCUT2D eigenvalue weighted by Gasteiger charge is 2.42. The SMILES string of the molecule is N#CCC/C=C1\CCC2(CCC2)c2ccccc21. The number of unbranched alkanes of at least 4 members (excludes halogenated alkanes) is 1. The van der Waals surface area contributed by atoms with Gasteiger partial charge in [0.15, 0.2) is 0 Å². The zero-order valence-electron chi connectivity index (χ0n) is 10.8. The molecule has 92 valence electrons. The standard InChI is InChI=1S/C17H19N/c18-13-4-3-6-14-9-12-17(10-5-11-17)16-8-2-1-7-15(14)16/h1-2,6-8H,3-5,9-12H2/b14-6+. The molecule has 0 radical (unpaired) electrons. The lowest BCUT2D eigenvalue weighted by Gasteiger charge is -2.47. The zero-order chi connectivity index (χ0) is 12.4. The summed E-state index contributed by atoms with van der Waals surface area (Å²) in [4.78, 5) is 0. The normalized spacial score (nSPS) is 22.3. The van der Waals surface area contributed by atoms with Crippen LogP contribution in [0.3, 0.4) is 0 Å². The summed E-state index contributed by atoms with van der Waals surface area (Å²) in [6.45, 7) is 0. The molecule has 1 aromatic carbocycles. The molecule has 1 aromatic rings. The van der Waals surface area contributed by atoms with Gasteiger partial charge in [0.1, 0.15) is 0 Å². The maximum Gasteiger partial charge on any atom is 0.0625 e. The second-order valence-electron chi connectivity index (χ2n) is 5.61. The third kappa shape index (κ3) is 1.77. The highest BCUT2D eigenvalue weighted by atomic mass is 14.5. The first-order valence-corrected chi connectivity index (χ1v) is 7.02. The van der Waals surface area contributed by atoms with E-state index in [4.69, 9.17) is 5.26 Å². The summed E-state index contributed by atoms with van der Waals surface area (Å²) < 4.78 is 0. The second kappa shape index (κ2) is 4.61. The van der Waals surface area contributed by atoms with E-state index in [1.165, 1.54) is 43.2 Å². The number of hydrogen-bond acceptors (Lipinski definition) is 1. The van der Waals surface area contributed by atoms with Gasteiger partial charge in [0, 0.05) is 6.42 Å². The van der Waals surface area contributed by atoms with Gasteiger partial charge in [-0.15, -0.1) is 0 Å². The molecule has 1 spiro atoms. The lowest BCUT2D eigenvalue weighted by molar-refractivity contribution is 0.223. The van der Waals surface area contributed by atoms with E-state index < -0.39 is 0 Å². The van der Waals surface area contributed by atoms with Gasteiger partial charge in [-0.3, -0.25) is 0 Å². The molecular formula is C17H19N. The molecule has 1 heteroatoms. The molecular weight excluding hydrogens is 218 g/mol. The lowest BCUT2D eigenvalue weighted by Crippen LogP contribution is -2.37. The van der Waals surface area contributed by atoms with Crippen LogP contribution in [0.25, 0.3) is 5.57 Å². The van der Waals surface area contributed by atoms with E-state index in [2.05, 4.69) is 36.4 Å². The van der Waals surface area contributed by atoms with Crippen molar-refractivity contribution < 1.29 is 0 Å². The number of hydrogen-bond donors (Lipinski definition) is 0. The third-order valence-electron chi connectivity index (χ3n) is 4.67. The second-order valence-corrected chi connectivity index (χ2v) is 5.61. The predicted octanol–water partition coefficient (Wildman–Crippen LogP) is 4.59. The van der Waals surface area contributed by atoms with Crippen molar-refractivity contribution in [3.05, 3.63) is 41.5 Å². The van der Waals surface area contributed by atoms with Crippen molar-refractivity contribution in [2.24, 2.45) is 0 Å². The fraction of sp³-hybridized carbons (Fsp3) is 0.471. The molecule has 2 aliphatic rings. The van der Waals surface area contributed by atoms with E-state index in [0.717, 1.165) is 6.42 Å². The fourth-order valence-electron chi connectivity index (χ4n) is 3.51. The Morgan fingerprint density at radius 3 is 2.78 bits per heavy atom. The Morgan fingerprint density at radius 1 is 1.22 bits per heavy atom. The van der Waals surface area contributed by atoms with Crippen LogP contribution in [-0.2, 0) is 5.41 Å². The summed E-state index contributed by atoms with van der Waals surface area (Å²) in [7, 11) is 0. The van der Waals surface area contributed by atoms with Gasteiger partial charge >= 0.3 is 0 Å². The first-order valence-electron chi connectivity index (χ1n) is 7.02.